The van der Waals surface area contributed by atoms with Gasteiger partial charge in [-0.15, -0.1) is 0 Å². The number of rotatable bonds is 9. The summed E-state index contributed by atoms with van der Waals surface area (Å²) < 4.78 is 16.7. The standard InChI is InChI=1S/C23H29N3O6/c1-4-31-21-9-6-17(14-22(21)32-5-2)16(3)24-23(27)19-15-18(26(28)29)7-8-20(19)25-10-12-30-13-11-25/h6-9,14-16H,4-5,10-13H2,1-3H3,(H,24,27). The topological polar surface area (TPSA) is 103 Å². The van der Waals surface area contributed by atoms with Crippen molar-refractivity contribution in [3.8, 4) is 11.5 Å². The van der Waals surface area contributed by atoms with Crippen molar-refractivity contribution < 1.29 is 23.9 Å². The van der Waals surface area contributed by atoms with Gasteiger partial charge in [-0.2, -0.15) is 0 Å². The maximum absolute atomic E-state index is 13.2. The molecule has 1 aliphatic rings. The highest BCUT2D eigenvalue weighted by Crippen LogP contribution is 2.31. The summed E-state index contributed by atoms with van der Waals surface area (Å²) in [5.41, 5.74) is 1.64. The van der Waals surface area contributed by atoms with Crippen LogP contribution in [0.3, 0.4) is 0 Å². The van der Waals surface area contributed by atoms with E-state index < -0.39 is 4.92 Å². The average molecular weight is 444 g/mol. The molecule has 1 aliphatic heterocycles. The number of benzene rings is 2. The summed E-state index contributed by atoms with van der Waals surface area (Å²) in [6.45, 7) is 8.97. The Labute approximate surface area is 187 Å². The molecular weight excluding hydrogens is 414 g/mol. The van der Waals surface area contributed by atoms with Crippen molar-refractivity contribution >= 4 is 17.3 Å². The fourth-order valence-electron chi connectivity index (χ4n) is 3.59. The van der Waals surface area contributed by atoms with Crippen molar-refractivity contribution in [3.63, 3.8) is 0 Å². The Kier molecular flexibility index (Phi) is 7.88. The van der Waals surface area contributed by atoms with Gasteiger partial charge in [0.15, 0.2) is 11.5 Å². The van der Waals surface area contributed by atoms with Gasteiger partial charge in [-0.25, -0.2) is 0 Å². The van der Waals surface area contributed by atoms with Crippen LogP contribution in [0, 0.1) is 10.1 Å². The normalized spacial score (nSPS) is 14.5. The van der Waals surface area contributed by atoms with Gasteiger partial charge in [0.2, 0.25) is 0 Å². The number of nitrogens with one attached hydrogen (secondary N) is 1. The molecule has 1 N–H and O–H groups in total. The maximum Gasteiger partial charge on any atom is 0.270 e. The zero-order valence-electron chi connectivity index (χ0n) is 18.6. The average Bonchev–Trinajstić information content (AvgIpc) is 2.80. The summed E-state index contributed by atoms with van der Waals surface area (Å²) in [7, 11) is 0. The van der Waals surface area contributed by atoms with Gasteiger partial charge in [-0.05, 0) is 44.5 Å². The number of non-ortho nitro benzene ring substituents is 1. The van der Waals surface area contributed by atoms with Crippen molar-refractivity contribution in [1.82, 2.24) is 5.32 Å². The Bertz CT molecular complexity index is 959. The predicted octanol–water partition coefficient (Wildman–Crippen LogP) is 3.72. The van der Waals surface area contributed by atoms with E-state index in [-0.39, 0.29) is 23.2 Å². The minimum Gasteiger partial charge on any atom is -0.490 e. The quantitative estimate of drug-likeness (QED) is 0.465. The third-order valence-electron chi connectivity index (χ3n) is 5.20. The van der Waals surface area contributed by atoms with E-state index in [1.165, 1.54) is 12.1 Å². The van der Waals surface area contributed by atoms with E-state index in [1.807, 2.05) is 43.9 Å². The van der Waals surface area contributed by atoms with Crippen molar-refractivity contribution in [2.75, 3.05) is 44.4 Å². The second kappa shape index (κ2) is 10.8. The summed E-state index contributed by atoms with van der Waals surface area (Å²) in [4.78, 5) is 26.0. The summed E-state index contributed by atoms with van der Waals surface area (Å²) in [6.07, 6.45) is 0. The highest BCUT2D eigenvalue weighted by atomic mass is 16.6. The number of anilines is 1. The lowest BCUT2D eigenvalue weighted by molar-refractivity contribution is -0.384. The van der Waals surface area contributed by atoms with E-state index in [2.05, 4.69) is 5.32 Å². The fraction of sp³-hybridized carbons (Fsp3) is 0.435. The van der Waals surface area contributed by atoms with Crippen molar-refractivity contribution in [3.05, 3.63) is 57.6 Å². The molecule has 9 heteroatoms. The summed E-state index contributed by atoms with van der Waals surface area (Å²) in [6, 6.07) is 9.56. The molecule has 0 spiro atoms. The lowest BCUT2D eigenvalue weighted by Gasteiger charge is -2.30. The number of morpholine rings is 1. The summed E-state index contributed by atoms with van der Waals surface area (Å²) in [5.74, 6) is 0.872. The van der Waals surface area contributed by atoms with Gasteiger partial charge < -0.3 is 24.4 Å². The molecule has 0 radical (unpaired) electrons. The van der Waals surface area contributed by atoms with Crippen LogP contribution < -0.4 is 19.7 Å². The number of hydrogen-bond acceptors (Lipinski definition) is 7. The summed E-state index contributed by atoms with van der Waals surface area (Å²) in [5, 5.41) is 14.3. The largest absolute Gasteiger partial charge is 0.490 e. The molecule has 0 aromatic heterocycles. The van der Waals surface area contributed by atoms with Crippen LogP contribution in [-0.2, 0) is 4.74 Å². The first kappa shape index (κ1) is 23.3. The summed E-state index contributed by atoms with van der Waals surface area (Å²) >= 11 is 0. The number of nitro groups is 1. The van der Waals surface area contributed by atoms with E-state index in [1.54, 1.807) is 6.07 Å². The maximum atomic E-state index is 13.2. The van der Waals surface area contributed by atoms with E-state index in [0.717, 1.165) is 5.56 Å². The minimum absolute atomic E-state index is 0.125. The van der Waals surface area contributed by atoms with Crippen LogP contribution in [0.1, 0.15) is 42.7 Å². The zero-order valence-corrected chi connectivity index (χ0v) is 18.6. The molecule has 3 rings (SSSR count). The third-order valence-corrected chi connectivity index (χ3v) is 5.20. The molecular formula is C23H29N3O6. The first-order chi connectivity index (χ1) is 15.4. The SMILES string of the molecule is CCOc1ccc(C(C)NC(=O)c2cc([N+](=O)[O-])ccc2N2CCOCC2)cc1OCC. The number of carbonyl (C=O) groups excluding carboxylic acids is 1. The molecule has 32 heavy (non-hydrogen) atoms. The van der Waals surface area contributed by atoms with Crippen LogP contribution in [0.5, 0.6) is 11.5 Å². The molecule has 2 aromatic carbocycles. The molecule has 1 fully saturated rings. The molecule has 1 amide bonds. The lowest BCUT2D eigenvalue weighted by atomic mass is 10.1. The fourth-order valence-corrected chi connectivity index (χ4v) is 3.59. The highest BCUT2D eigenvalue weighted by molar-refractivity contribution is 6.00. The molecule has 1 unspecified atom stereocenters. The van der Waals surface area contributed by atoms with Gasteiger partial charge in [-0.1, -0.05) is 6.07 Å². The lowest BCUT2D eigenvalue weighted by Crippen LogP contribution is -2.38. The molecule has 1 saturated heterocycles. The Morgan fingerprint density at radius 3 is 2.47 bits per heavy atom. The Morgan fingerprint density at radius 2 is 1.81 bits per heavy atom. The number of hydrogen-bond donors (Lipinski definition) is 1. The van der Waals surface area contributed by atoms with E-state index in [0.29, 0.717) is 56.7 Å². The van der Waals surface area contributed by atoms with E-state index >= 15 is 0 Å². The molecule has 1 atom stereocenters. The first-order valence-corrected chi connectivity index (χ1v) is 10.8. The van der Waals surface area contributed by atoms with Gasteiger partial charge >= 0.3 is 0 Å². The number of amides is 1. The van der Waals surface area contributed by atoms with Crippen LogP contribution in [-0.4, -0.2) is 50.3 Å². The van der Waals surface area contributed by atoms with Crippen molar-refractivity contribution in [2.24, 2.45) is 0 Å². The molecule has 0 saturated carbocycles. The van der Waals surface area contributed by atoms with Gasteiger partial charge in [0.05, 0.1) is 48.6 Å². The number of carbonyl (C=O) groups is 1. The molecule has 2 aromatic rings. The molecule has 172 valence electrons. The van der Waals surface area contributed by atoms with E-state index in [4.69, 9.17) is 14.2 Å². The third kappa shape index (κ3) is 5.47. The van der Waals surface area contributed by atoms with Crippen LogP contribution in [0.4, 0.5) is 11.4 Å². The first-order valence-electron chi connectivity index (χ1n) is 10.8. The molecule has 1 heterocycles. The molecule has 0 bridgehead atoms. The molecule has 0 aliphatic carbocycles. The zero-order chi connectivity index (χ0) is 23.1. The van der Waals surface area contributed by atoms with E-state index in [9.17, 15) is 14.9 Å². The molecule has 9 nitrogen and oxygen atoms in total. The van der Waals surface area contributed by atoms with Gasteiger partial charge in [-0.3, -0.25) is 14.9 Å². The highest BCUT2D eigenvalue weighted by Gasteiger charge is 2.23. The van der Waals surface area contributed by atoms with Crippen LogP contribution in [0.2, 0.25) is 0 Å². The Hall–Kier alpha value is -3.33. The van der Waals surface area contributed by atoms with Gasteiger partial charge in [0.25, 0.3) is 11.6 Å². The Balaban J connectivity index is 1.86. The van der Waals surface area contributed by atoms with Crippen molar-refractivity contribution in [2.45, 2.75) is 26.8 Å². The monoisotopic (exact) mass is 443 g/mol. The number of nitrogens with zero attached hydrogens (tertiary/aromatic N) is 2. The minimum atomic E-state index is -0.496. The van der Waals surface area contributed by atoms with Crippen molar-refractivity contribution in [1.29, 1.82) is 0 Å². The number of ether oxygens (including phenoxy) is 3. The number of nitro benzene ring substituents is 1. The second-order valence-electron chi connectivity index (χ2n) is 7.33. The van der Waals surface area contributed by atoms with Crippen LogP contribution in [0.15, 0.2) is 36.4 Å². The van der Waals surface area contributed by atoms with Gasteiger partial charge in [0, 0.05) is 25.2 Å². The van der Waals surface area contributed by atoms with Crippen LogP contribution in [0.25, 0.3) is 0 Å². The smallest absolute Gasteiger partial charge is 0.270 e. The second-order valence-corrected chi connectivity index (χ2v) is 7.33. The predicted molar refractivity (Wildman–Crippen MR) is 121 cm³/mol. The Morgan fingerprint density at radius 1 is 1.12 bits per heavy atom. The van der Waals surface area contributed by atoms with Gasteiger partial charge in [0.1, 0.15) is 0 Å². The van der Waals surface area contributed by atoms with Crippen LogP contribution >= 0.6 is 0 Å².